The first-order chi connectivity index (χ1) is 11.1. The number of rotatable bonds is 5. The molecule has 0 amide bonds. The van der Waals surface area contributed by atoms with E-state index in [0.29, 0.717) is 22.3 Å². The second kappa shape index (κ2) is 6.77. The maximum absolute atomic E-state index is 12.6. The smallest absolute Gasteiger partial charge is 0.346 e. The highest BCUT2D eigenvalue weighted by Crippen LogP contribution is 2.26. The predicted octanol–water partition coefficient (Wildman–Crippen LogP) is 1.19. The first-order valence-electron chi connectivity index (χ1n) is 7.60. The van der Waals surface area contributed by atoms with Gasteiger partial charge in [0.05, 0.1) is 24.9 Å². The first-order valence-corrected chi connectivity index (χ1v) is 8.41. The molecule has 7 nitrogen and oxygen atoms in total. The van der Waals surface area contributed by atoms with E-state index >= 15 is 0 Å². The average Bonchev–Trinajstić information content (AvgIpc) is 2.88. The Bertz CT molecular complexity index is 777. The number of nitrogens with zero attached hydrogens (tertiary/aromatic N) is 3. The van der Waals surface area contributed by atoms with Gasteiger partial charge in [-0.25, -0.2) is 9.78 Å². The molecule has 1 fully saturated rings. The van der Waals surface area contributed by atoms with E-state index in [1.165, 1.54) is 6.33 Å². The Kier molecular flexibility index (Phi) is 4.74. The van der Waals surface area contributed by atoms with Crippen LogP contribution in [-0.4, -0.2) is 58.4 Å². The van der Waals surface area contributed by atoms with Gasteiger partial charge in [-0.1, -0.05) is 0 Å². The van der Waals surface area contributed by atoms with Crippen molar-refractivity contribution in [2.45, 2.75) is 19.9 Å². The lowest BCUT2D eigenvalue weighted by atomic mass is 10.2. The van der Waals surface area contributed by atoms with Crippen LogP contribution in [-0.2, 0) is 11.3 Å². The molecule has 1 aliphatic rings. The minimum atomic E-state index is -1.01. The number of hydrogen-bond donors (Lipinski definition) is 1. The number of ether oxygens (including phenoxy) is 1. The minimum absolute atomic E-state index is 0.154. The van der Waals surface area contributed by atoms with Gasteiger partial charge in [0.15, 0.2) is 0 Å². The summed E-state index contributed by atoms with van der Waals surface area (Å²) in [6.45, 7) is 6.55. The van der Waals surface area contributed by atoms with Gasteiger partial charge in [0, 0.05) is 26.2 Å². The zero-order chi connectivity index (χ0) is 16.4. The summed E-state index contributed by atoms with van der Waals surface area (Å²) in [7, 11) is 0. The van der Waals surface area contributed by atoms with Crippen LogP contribution in [0.5, 0.6) is 0 Å². The van der Waals surface area contributed by atoms with Crippen molar-refractivity contribution >= 4 is 27.5 Å². The molecule has 23 heavy (non-hydrogen) atoms. The number of carboxylic acids is 1. The summed E-state index contributed by atoms with van der Waals surface area (Å²) in [6, 6.07) is 0. The summed E-state index contributed by atoms with van der Waals surface area (Å²) in [5.41, 5.74) is 0.357. The molecule has 8 heteroatoms. The van der Waals surface area contributed by atoms with Crippen LogP contribution in [0.3, 0.4) is 0 Å². The average molecular weight is 337 g/mol. The number of carbonyl (C=O) groups is 1. The van der Waals surface area contributed by atoms with Crippen molar-refractivity contribution < 1.29 is 14.6 Å². The quantitative estimate of drug-likeness (QED) is 0.882. The highest BCUT2D eigenvalue weighted by Gasteiger charge is 2.18. The van der Waals surface area contributed by atoms with Crippen LogP contribution in [0.2, 0.25) is 0 Å². The van der Waals surface area contributed by atoms with Crippen molar-refractivity contribution in [3.05, 3.63) is 27.1 Å². The van der Waals surface area contributed by atoms with Crippen molar-refractivity contribution in [1.29, 1.82) is 0 Å². The van der Waals surface area contributed by atoms with E-state index < -0.39 is 5.97 Å². The highest BCUT2D eigenvalue weighted by atomic mass is 32.1. The van der Waals surface area contributed by atoms with Gasteiger partial charge in [-0.2, -0.15) is 0 Å². The van der Waals surface area contributed by atoms with E-state index in [-0.39, 0.29) is 10.4 Å². The molecular formula is C15H19N3O4S. The fourth-order valence-corrected chi connectivity index (χ4v) is 3.79. The SMILES string of the molecule is Cc1c(C(=O)O)sc2ncn(CCCN3CCOCC3)c(=O)c12. The molecule has 1 N–H and O–H groups in total. The Morgan fingerprint density at radius 2 is 2.13 bits per heavy atom. The molecule has 1 aliphatic heterocycles. The summed E-state index contributed by atoms with van der Waals surface area (Å²) in [4.78, 5) is 31.0. The summed E-state index contributed by atoms with van der Waals surface area (Å²) in [6.07, 6.45) is 2.37. The monoisotopic (exact) mass is 337 g/mol. The number of carboxylic acid groups (broad SMARTS) is 1. The summed E-state index contributed by atoms with van der Waals surface area (Å²) < 4.78 is 6.89. The van der Waals surface area contributed by atoms with E-state index in [9.17, 15) is 14.7 Å². The third-order valence-corrected chi connectivity index (χ3v) is 5.28. The number of aromatic nitrogens is 2. The predicted molar refractivity (Wildman–Crippen MR) is 87.5 cm³/mol. The normalized spacial score (nSPS) is 16.0. The lowest BCUT2D eigenvalue weighted by Gasteiger charge is -2.26. The molecule has 1 saturated heterocycles. The Hall–Kier alpha value is -1.77. The van der Waals surface area contributed by atoms with Crippen LogP contribution in [0.4, 0.5) is 0 Å². The second-order valence-corrected chi connectivity index (χ2v) is 6.59. The van der Waals surface area contributed by atoms with Gasteiger partial charge in [-0.15, -0.1) is 11.3 Å². The maximum Gasteiger partial charge on any atom is 0.346 e. The van der Waals surface area contributed by atoms with Crippen LogP contribution in [0.25, 0.3) is 10.2 Å². The van der Waals surface area contributed by atoms with Crippen LogP contribution < -0.4 is 5.56 Å². The third kappa shape index (κ3) is 3.29. The molecule has 124 valence electrons. The molecule has 2 aromatic heterocycles. The van der Waals surface area contributed by atoms with E-state index in [2.05, 4.69) is 9.88 Å². The summed E-state index contributed by atoms with van der Waals surface area (Å²) >= 11 is 1.06. The molecule has 0 aromatic carbocycles. The van der Waals surface area contributed by atoms with Crippen LogP contribution in [0.1, 0.15) is 21.7 Å². The fraction of sp³-hybridized carbons (Fsp3) is 0.533. The van der Waals surface area contributed by atoms with Crippen LogP contribution >= 0.6 is 11.3 Å². The second-order valence-electron chi connectivity index (χ2n) is 5.59. The van der Waals surface area contributed by atoms with Crippen LogP contribution in [0.15, 0.2) is 11.1 Å². The van der Waals surface area contributed by atoms with E-state index in [4.69, 9.17) is 4.74 Å². The molecule has 3 rings (SSSR count). The molecule has 3 heterocycles. The number of aryl methyl sites for hydroxylation is 2. The number of morpholine rings is 1. The third-order valence-electron chi connectivity index (χ3n) is 4.09. The van der Waals surface area contributed by atoms with Gasteiger partial charge in [-0.3, -0.25) is 14.3 Å². The van der Waals surface area contributed by atoms with Crippen molar-refractivity contribution in [2.24, 2.45) is 0 Å². The Morgan fingerprint density at radius 1 is 1.39 bits per heavy atom. The topological polar surface area (TPSA) is 84.7 Å². The van der Waals surface area contributed by atoms with Gasteiger partial charge >= 0.3 is 5.97 Å². The zero-order valence-electron chi connectivity index (χ0n) is 12.9. The molecule has 2 aromatic rings. The summed E-state index contributed by atoms with van der Waals surface area (Å²) in [5.74, 6) is -1.01. The molecule has 0 radical (unpaired) electrons. The number of fused-ring (bicyclic) bond motifs is 1. The van der Waals surface area contributed by atoms with Gasteiger partial charge < -0.3 is 9.84 Å². The lowest BCUT2D eigenvalue weighted by molar-refractivity contribution is 0.0369. The molecule has 0 bridgehead atoms. The van der Waals surface area contributed by atoms with E-state index in [0.717, 1.165) is 50.6 Å². The Labute approximate surface area is 137 Å². The molecule has 0 unspecified atom stereocenters. The van der Waals surface area contributed by atoms with Gasteiger partial charge in [0.2, 0.25) is 0 Å². The number of hydrogen-bond acceptors (Lipinski definition) is 6. The standard InChI is InChI=1S/C15H19N3O4S/c1-10-11-13(23-12(10)15(20)21)16-9-18(14(11)19)4-2-3-17-5-7-22-8-6-17/h9H,2-8H2,1H3,(H,20,21). The van der Waals surface area contributed by atoms with Gasteiger partial charge in [0.1, 0.15) is 9.71 Å². The molecule has 0 spiro atoms. The van der Waals surface area contributed by atoms with Gasteiger partial charge in [-0.05, 0) is 18.9 Å². The van der Waals surface area contributed by atoms with Crippen molar-refractivity contribution in [2.75, 3.05) is 32.8 Å². The number of thiophene rings is 1. The highest BCUT2D eigenvalue weighted by molar-refractivity contribution is 7.20. The molecule has 0 atom stereocenters. The largest absolute Gasteiger partial charge is 0.477 e. The summed E-state index contributed by atoms with van der Waals surface area (Å²) in [5, 5.41) is 9.60. The first kappa shape index (κ1) is 16.1. The molecule has 0 saturated carbocycles. The van der Waals surface area contributed by atoms with E-state index in [1.54, 1.807) is 11.5 Å². The minimum Gasteiger partial charge on any atom is -0.477 e. The molecular weight excluding hydrogens is 318 g/mol. The van der Waals surface area contributed by atoms with Gasteiger partial charge in [0.25, 0.3) is 5.56 Å². The fourth-order valence-electron chi connectivity index (χ4n) is 2.81. The zero-order valence-corrected chi connectivity index (χ0v) is 13.8. The van der Waals surface area contributed by atoms with E-state index in [1.807, 2.05) is 0 Å². The van der Waals surface area contributed by atoms with Crippen molar-refractivity contribution in [3.8, 4) is 0 Å². The maximum atomic E-state index is 12.6. The van der Waals surface area contributed by atoms with Crippen LogP contribution in [0, 0.1) is 6.92 Å². The molecule has 0 aliphatic carbocycles. The van der Waals surface area contributed by atoms with Crippen molar-refractivity contribution in [3.63, 3.8) is 0 Å². The number of aromatic carboxylic acids is 1. The Balaban J connectivity index is 1.76. The van der Waals surface area contributed by atoms with Crippen molar-refractivity contribution in [1.82, 2.24) is 14.5 Å². The Morgan fingerprint density at radius 3 is 2.83 bits per heavy atom. The lowest BCUT2D eigenvalue weighted by Crippen LogP contribution is -2.37.